The second-order valence-corrected chi connectivity index (χ2v) is 5.08. The summed E-state index contributed by atoms with van der Waals surface area (Å²) >= 11 is 0. The van der Waals surface area contributed by atoms with Crippen LogP contribution in [0, 0.1) is 0 Å². The number of hydrogen-bond donors (Lipinski definition) is 1. The van der Waals surface area contributed by atoms with Crippen LogP contribution in [0.1, 0.15) is 24.4 Å². The number of hydrogen-bond acceptors (Lipinski definition) is 5. The van der Waals surface area contributed by atoms with E-state index in [4.69, 9.17) is 4.74 Å². The highest BCUT2D eigenvalue weighted by Gasteiger charge is 2.29. The predicted octanol–water partition coefficient (Wildman–Crippen LogP) is -6.06. The molecule has 0 unspecified atom stereocenters. The summed E-state index contributed by atoms with van der Waals surface area (Å²) in [5.41, 5.74) is 5.03. The van der Waals surface area contributed by atoms with Crippen molar-refractivity contribution >= 4 is 5.97 Å². The lowest BCUT2D eigenvalue weighted by atomic mass is 10.1. The molecule has 0 fully saturated rings. The third-order valence-corrected chi connectivity index (χ3v) is 3.10. The van der Waals surface area contributed by atoms with Gasteiger partial charge in [0.05, 0.1) is 12.8 Å². The molecule has 13 heteroatoms. The Hall–Kier alpha value is -2.11. The van der Waals surface area contributed by atoms with Crippen LogP contribution in [0.4, 0.5) is 13.2 Å². The maximum absolute atomic E-state index is 12.1. The van der Waals surface area contributed by atoms with Crippen molar-refractivity contribution in [1.82, 2.24) is 15.0 Å². The molecule has 2 aromatic heterocycles. The largest absolute Gasteiger partial charge is 1.00 e. The number of nitrogens with one attached hydrogen (secondary N) is 1. The van der Waals surface area contributed by atoms with Crippen molar-refractivity contribution in [2.75, 3.05) is 13.2 Å². The quantitative estimate of drug-likeness (QED) is 0.439. The van der Waals surface area contributed by atoms with Gasteiger partial charge in [0.25, 0.3) is 0 Å². The van der Waals surface area contributed by atoms with Crippen molar-refractivity contribution < 1.29 is 63.0 Å². The Morgan fingerprint density at radius 3 is 2.63 bits per heavy atom. The molecule has 0 radical (unpaired) electrons. The first-order chi connectivity index (χ1) is 11.8. The van der Waals surface area contributed by atoms with Crippen molar-refractivity contribution in [3.05, 3.63) is 35.9 Å². The van der Waals surface area contributed by atoms with E-state index in [1.54, 1.807) is 19.2 Å². The van der Waals surface area contributed by atoms with E-state index in [9.17, 15) is 18.0 Å². The SMILES string of the molecule is CCOC(=O)Cn1cc([C@@H]([NH3+])c2ccc(OCC(F)(F)F)c[nH+]2)nn1.[Cl-].[Cl-]. The zero-order valence-electron chi connectivity index (χ0n) is 14.2. The fraction of sp³-hybridized carbons (Fsp3) is 0.429. The second kappa shape index (κ2) is 10.9. The average Bonchev–Trinajstić information content (AvgIpc) is 3.00. The molecular formula is C14H18Cl2F3N5O3. The molecule has 8 nitrogen and oxygen atoms in total. The van der Waals surface area contributed by atoms with Gasteiger partial charge in [-0.15, -0.1) is 5.10 Å². The van der Waals surface area contributed by atoms with Crippen LogP contribution in [0.5, 0.6) is 5.75 Å². The monoisotopic (exact) mass is 431 g/mol. The molecular weight excluding hydrogens is 414 g/mol. The molecule has 0 bridgehead atoms. The van der Waals surface area contributed by atoms with Gasteiger partial charge >= 0.3 is 12.1 Å². The van der Waals surface area contributed by atoms with Crippen LogP contribution in [0.2, 0.25) is 0 Å². The van der Waals surface area contributed by atoms with Crippen molar-refractivity contribution in [2.45, 2.75) is 25.7 Å². The molecule has 152 valence electrons. The number of rotatable bonds is 7. The minimum atomic E-state index is -4.40. The van der Waals surface area contributed by atoms with E-state index in [2.05, 4.69) is 25.8 Å². The fourth-order valence-electron chi connectivity index (χ4n) is 1.94. The van der Waals surface area contributed by atoms with E-state index in [1.807, 2.05) is 0 Å². The molecule has 0 aliphatic carbocycles. The molecule has 2 heterocycles. The number of carbonyl (C=O) groups excluding carboxylic acids is 1. The Kier molecular flexibility index (Phi) is 10.0. The van der Waals surface area contributed by atoms with Gasteiger partial charge in [-0.3, -0.25) is 4.79 Å². The second-order valence-electron chi connectivity index (χ2n) is 5.08. The minimum absolute atomic E-state index is 0. The smallest absolute Gasteiger partial charge is 0.422 e. The van der Waals surface area contributed by atoms with Gasteiger partial charge in [-0.1, -0.05) is 5.21 Å². The Morgan fingerprint density at radius 1 is 1.37 bits per heavy atom. The Balaban J connectivity index is 0.00000338. The number of nitrogens with zero attached hydrogens (tertiary/aromatic N) is 3. The highest BCUT2D eigenvalue weighted by molar-refractivity contribution is 5.68. The molecule has 27 heavy (non-hydrogen) atoms. The molecule has 2 rings (SSSR count). The van der Waals surface area contributed by atoms with E-state index >= 15 is 0 Å². The molecule has 0 saturated heterocycles. The van der Waals surface area contributed by atoms with Crippen LogP contribution < -0.4 is 40.3 Å². The lowest BCUT2D eigenvalue weighted by Gasteiger charge is -2.07. The molecule has 0 saturated carbocycles. The summed E-state index contributed by atoms with van der Waals surface area (Å²) in [6.45, 7) is 0.544. The summed E-state index contributed by atoms with van der Waals surface area (Å²) in [4.78, 5) is 14.2. The Labute approximate surface area is 165 Å². The fourth-order valence-corrected chi connectivity index (χ4v) is 1.94. The number of H-pyrrole nitrogens is 1. The summed E-state index contributed by atoms with van der Waals surface area (Å²) in [6, 6.07) is 2.50. The van der Waals surface area contributed by atoms with Crippen molar-refractivity contribution in [1.29, 1.82) is 0 Å². The summed E-state index contributed by atoms with van der Waals surface area (Å²) in [6.07, 6.45) is -1.54. The first kappa shape index (κ1) is 24.9. The van der Waals surface area contributed by atoms with Crippen LogP contribution in [-0.4, -0.2) is 40.4 Å². The number of aromatic nitrogens is 4. The van der Waals surface area contributed by atoms with E-state index in [1.165, 1.54) is 16.9 Å². The van der Waals surface area contributed by atoms with Crippen molar-refractivity contribution in [3.8, 4) is 5.75 Å². The van der Waals surface area contributed by atoms with Crippen LogP contribution in [0.25, 0.3) is 0 Å². The summed E-state index contributed by atoms with van der Waals surface area (Å²) in [7, 11) is 0. The highest BCUT2D eigenvalue weighted by Crippen LogP contribution is 2.18. The van der Waals surface area contributed by atoms with Gasteiger partial charge in [0.2, 0.25) is 17.9 Å². The van der Waals surface area contributed by atoms with Crippen LogP contribution in [0.3, 0.4) is 0 Å². The minimum Gasteiger partial charge on any atom is -1.00 e. The molecule has 0 aliphatic heterocycles. The van der Waals surface area contributed by atoms with Gasteiger partial charge in [-0.25, -0.2) is 9.67 Å². The van der Waals surface area contributed by atoms with Gasteiger partial charge in [0.1, 0.15) is 6.54 Å². The van der Waals surface area contributed by atoms with E-state index in [0.717, 1.165) is 0 Å². The normalized spacial score (nSPS) is 11.7. The van der Waals surface area contributed by atoms with Crippen LogP contribution >= 0.6 is 0 Å². The van der Waals surface area contributed by atoms with E-state index in [0.29, 0.717) is 11.4 Å². The van der Waals surface area contributed by atoms with Crippen molar-refractivity contribution in [2.24, 2.45) is 0 Å². The molecule has 4 N–H and O–H groups in total. The molecule has 0 aromatic carbocycles. The molecule has 0 aliphatic rings. The van der Waals surface area contributed by atoms with Crippen LogP contribution in [0.15, 0.2) is 24.5 Å². The number of esters is 1. The van der Waals surface area contributed by atoms with Gasteiger partial charge in [0.15, 0.2) is 18.1 Å². The molecule has 1 atom stereocenters. The topological polar surface area (TPSA) is 108 Å². The highest BCUT2D eigenvalue weighted by atomic mass is 35.5. The zero-order chi connectivity index (χ0) is 18.4. The summed E-state index contributed by atoms with van der Waals surface area (Å²) in [5.74, 6) is -0.378. The van der Waals surface area contributed by atoms with E-state index < -0.39 is 24.8 Å². The number of carbonyl (C=O) groups is 1. The number of aromatic amines is 1. The Bertz CT molecular complexity index is 713. The van der Waals surface area contributed by atoms with Gasteiger partial charge < -0.3 is 40.0 Å². The first-order valence-electron chi connectivity index (χ1n) is 7.38. The van der Waals surface area contributed by atoms with Gasteiger partial charge in [-0.05, 0) is 13.0 Å². The lowest BCUT2D eigenvalue weighted by Crippen LogP contribution is -3.00. The molecule has 2 aromatic rings. The average molecular weight is 432 g/mol. The third-order valence-electron chi connectivity index (χ3n) is 3.10. The number of pyridine rings is 1. The van der Waals surface area contributed by atoms with Crippen molar-refractivity contribution in [3.63, 3.8) is 0 Å². The van der Waals surface area contributed by atoms with Gasteiger partial charge in [-0.2, -0.15) is 13.2 Å². The number of halogens is 5. The maximum Gasteiger partial charge on any atom is 0.422 e. The maximum atomic E-state index is 12.1. The number of quaternary nitrogens is 1. The number of ether oxygens (including phenoxy) is 2. The molecule has 0 spiro atoms. The third kappa shape index (κ3) is 7.97. The number of alkyl halides is 3. The van der Waals surface area contributed by atoms with E-state index in [-0.39, 0.29) is 43.7 Å². The molecule has 0 amide bonds. The first-order valence-corrected chi connectivity index (χ1v) is 7.38. The van der Waals surface area contributed by atoms with Crippen LogP contribution in [-0.2, 0) is 16.1 Å². The summed E-state index contributed by atoms with van der Waals surface area (Å²) < 4.78 is 47.1. The predicted molar refractivity (Wildman–Crippen MR) is 75.9 cm³/mol. The zero-order valence-corrected chi connectivity index (χ0v) is 15.7. The lowest BCUT2D eigenvalue weighted by molar-refractivity contribution is -0.475. The summed E-state index contributed by atoms with van der Waals surface area (Å²) in [5, 5.41) is 7.76. The Morgan fingerprint density at radius 2 is 2.07 bits per heavy atom. The van der Waals surface area contributed by atoms with Gasteiger partial charge in [0, 0.05) is 6.07 Å². The standard InChI is InChI=1S/C14H16F3N5O3.2ClH/c1-2-24-12(23)7-22-6-11(20-21-22)13(18)10-4-3-9(5-19-10)25-8-14(15,16)17;;/h3-6,13H,2,7-8,18H2,1H3;2*1H/t13-;;/m0../s1.